The molecule has 0 atom stereocenters. The highest BCUT2D eigenvalue weighted by molar-refractivity contribution is 5.94. The van der Waals surface area contributed by atoms with Gasteiger partial charge in [-0.05, 0) is 49.9 Å². The third-order valence-electron chi connectivity index (χ3n) is 5.31. The molecule has 0 spiro atoms. The van der Waals surface area contributed by atoms with Crippen LogP contribution in [0.25, 0.3) is 0 Å². The van der Waals surface area contributed by atoms with Gasteiger partial charge in [0.1, 0.15) is 5.75 Å². The number of rotatable bonds is 7. The van der Waals surface area contributed by atoms with Crippen molar-refractivity contribution < 1.29 is 27.5 Å². The molecule has 0 saturated carbocycles. The summed E-state index contributed by atoms with van der Waals surface area (Å²) >= 11 is 0. The van der Waals surface area contributed by atoms with Crippen LogP contribution in [-0.2, 0) is 4.79 Å². The van der Waals surface area contributed by atoms with E-state index in [0.717, 1.165) is 23.4 Å². The largest absolute Gasteiger partial charge is 0.493 e. The molecular weight excluding hydrogens is 409 g/mol. The van der Waals surface area contributed by atoms with Gasteiger partial charge in [0.25, 0.3) is 5.91 Å². The number of para-hydroxylation sites is 1. The number of hydrogen-bond donors (Lipinski definition) is 1. The number of likely N-dealkylation sites (tertiary alicyclic amines) is 1. The molecule has 2 aromatic rings. The minimum atomic E-state index is -1.65. The van der Waals surface area contributed by atoms with Crippen molar-refractivity contribution in [3.05, 3.63) is 65.0 Å². The number of hydrogen-bond acceptors (Lipinski definition) is 3. The highest BCUT2D eigenvalue weighted by Crippen LogP contribution is 2.20. The van der Waals surface area contributed by atoms with E-state index in [1.807, 2.05) is 31.2 Å². The summed E-state index contributed by atoms with van der Waals surface area (Å²) in [6.07, 6.45) is 1.91. The molecule has 0 aliphatic carbocycles. The first-order valence-electron chi connectivity index (χ1n) is 10.3. The average Bonchev–Trinajstić information content (AvgIpc) is 2.76. The lowest BCUT2D eigenvalue weighted by atomic mass is 10.0. The molecule has 3 rings (SSSR count). The van der Waals surface area contributed by atoms with Crippen molar-refractivity contribution in [3.8, 4) is 5.75 Å². The van der Waals surface area contributed by atoms with Crippen molar-refractivity contribution in [1.29, 1.82) is 0 Å². The third kappa shape index (κ3) is 5.77. The van der Waals surface area contributed by atoms with Crippen LogP contribution in [0, 0.1) is 24.4 Å². The number of nitrogens with zero attached hydrogens (tertiary/aromatic N) is 1. The Morgan fingerprint density at radius 2 is 1.77 bits per heavy atom. The standard InChI is InChI=1S/C23H25F3N2O3/c1-15-5-2-3-6-19(15)31-14-4-7-20(29)27-16-10-12-28(13-11-16)23(30)17-8-9-18(24)22(26)21(17)25/h2-3,5-6,8-9,16H,4,7,10-14H2,1H3,(H,27,29). The Bertz CT molecular complexity index is 944. The molecule has 1 N–H and O–H groups in total. The molecule has 8 heteroatoms. The highest BCUT2D eigenvalue weighted by atomic mass is 19.2. The number of nitrogens with one attached hydrogen (secondary N) is 1. The van der Waals surface area contributed by atoms with Gasteiger partial charge >= 0.3 is 0 Å². The summed E-state index contributed by atoms with van der Waals surface area (Å²) in [5.41, 5.74) is 0.548. The Labute approximate surface area is 179 Å². The maximum atomic E-state index is 13.9. The quantitative estimate of drug-likeness (QED) is 0.530. The molecule has 1 saturated heterocycles. The zero-order valence-electron chi connectivity index (χ0n) is 17.3. The summed E-state index contributed by atoms with van der Waals surface area (Å²) in [5.74, 6) is -4.44. The average molecular weight is 434 g/mol. The van der Waals surface area contributed by atoms with Crippen molar-refractivity contribution >= 4 is 11.8 Å². The van der Waals surface area contributed by atoms with Crippen LogP contribution in [0.5, 0.6) is 5.75 Å². The minimum Gasteiger partial charge on any atom is -0.493 e. The Morgan fingerprint density at radius 1 is 1.06 bits per heavy atom. The lowest BCUT2D eigenvalue weighted by Gasteiger charge is -2.32. The van der Waals surface area contributed by atoms with E-state index in [1.165, 1.54) is 4.90 Å². The van der Waals surface area contributed by atoms with Gasteiger partial charge in [-0.25, -0.2) is 13.2 Å². The summed E-state index contributed by atoms with van der Waals surface area (Å²) in [5, 5.41) is 2.94. The first-order chi connectivity index (χ1) is 14.9. The molecule has 1 fully saturated rings. The molecule has 0 unspecified atom stereocenters. The Balaban J connectivity index is 1.39. The summed E-state index contributed by atoms with van der Waals surface area (Å²) in [4.78, 5) is 26.0. The second kappa shape index (κ2) is 10.3. The maximum Gasteiger partial charge on any atom is 0.256 e. The van der Waals surface area contributed by atoms with Gasteiger partial charge in [-0.15, -0.1) is 0 Å². The third-order valence-corrected chi connectivity index (χ3v) is 5.31. The predicted octanol–water partition coefficient (Wildman–Crippen LogP) is 3.99. The Hall–Kier alpha value is -3.03. The molecule has 5 nitrogen and oxygen atoms in total. The van der Waals surface area contributed by atoms with E-state index >= 15 is 0 Å². The number of piperidine rings is 1. The van der Waals surface area contributed by atoms with Crippen LogP contribution >= 0.6 is 0 Å². The van der Waals surface area contributed by atoms with E-state index in [9.17, 15) is 22.8 Å². The molecule has 0 aromatic heterocycles. The second-order valence-electron chi connectivity index (χ2n) is 7.57. The fourth-order valence-corrected chi connectivity index (χ4v) is 3.52. The number of aryl methyl sites for hydroxylation is 1. The van der Waals surface area contributed by atoms with Crippen LogP contribution in [0.15, 0.2) is 36.4 Å². The number of carbonyl (C=O) groups is 2. The Morgan fingerprint density at radius 3 is 2.48 bits per heavy atom. The molecule has 2 amide bonds. The summed E-state index contributed by atoms with van der Waals surface area (Å²) in [6, 6.07) is 9.26. The normalized spacial score (nSPS) is 14.4. The van der Waals surface area contributed by atoms with Crippen LogP contribution in [0.1, 0.15) is 41.6 Å². The zero-order valence-corrected chi connectivity index (χ0v) is 17.3. The molecular formula is C23H25F3N2O3. The smallest absolute Gasteiger partial charge is 0.256 e. The molecule has 1 heterocycles. The van der Waals surface area contributed by atoms with Crippen molar-refractivity contribution in [3.63, 3.8) is 0 Å². The lowest BCUT2D eigenvalue weighted by molar-refractivity contribution is -0.122. The zero-order chi connectivity index (χ0) is 22.4. The monoisotopic (exact) mass is 434 g/mol. The maximum absolute atomic E-state index is 13.9. The predicted molar refractivity (Wildman–Crippen MR) is 109 cm³/mol. The van der Waals surface area contributed by atoms with Gasteiger partial charge in [0.2, 0.25) is 5.91 Å². The van der Waals surface area contributed by atoms with Crippen LogP contribution in [0.2, 0.25) is 0 Å². The van der Waals surface area contributed by atoms with E-state index in [0.29, 0.717) is 45.4 Å². The van der Waals surface area contributed by atoms with Gasteiger partial charge in [-0.1, -0.05) is 18.2 Å². The topological polar surface area (TPSA) is 58.6 Å². The first kappa shape index (κ1) is 22.7. The fraction of sp³-hybridized carbons (Fsp3) is 0.391. The number of halogens is 3. The molecule has 2 aromatic carbocycles. The van der Waals surface area contributed by atoms with E-state index in [1.54, 1.807) is 0 Å². The SMILES string of the molecule is Cc1ccccc1OCCCC(=O)NC1CCN(C(=O)c2ccc(F)c(F)c2F)CC1. The van der Waals surface area contributed by atoms with Crippen LogP contribution in [0.4, 0.5) is 13.2 Å². The van der Waals surface area contributed by atoms with Crippen molar-refractivity contribution in [2.75, 3.05) is 19.7 Å². The summed E-state index contributed by atoms with van der Waals surface area (Å²) in [6.45, 7) is 2.97. The van der Waals surface area contributed by atoms with E-state index < -0.39 is 28.9 Å². The number of ether oxygens (including phenoxy) is 1. The molecule has 166 valence electrons. The molecule has 1 aliphatic heterocycles. The van der Waals surface area contributed by atoms with E-state index in [4.69, 9.17) is 4.74 Å². The van der Waals surface area contributed by atoms with Gasteiger partial charge in [-0.3, -0.25) is 9.59 Å². The molecule has 0 radical (unpaired) electrons. The van der Waals surface area contributed by atoms with Crippen molar-refractivity contribution in [2.24, 2.45) is 0 Å². The highest BCUT2D eigenvalue weighted by Gasteiger charge is 2.27. The minimum absolute atomic E-state index is 0.0928. The molecule has 1 aliphatic rings. The number of benzene rings is 2. The van der Waals surface area contributed by atoms with Gasteiger partial charge in [0.15, 0.2) is 17.5 Å². The summed E-state index contributed by atoms with van der Waals surface area (Å²) < 4.78 is 46.0. The summed E-state index contributed by atoms with van der Waals surface area (Å²) in [7, 11) is 0. The van der Waals surface area contributed by atoms with Gasteiger partial charge in [-0.2, -0.15) is 0 Å². The van der Waals surface area contributed by atoms with E-state index in [-0.39, 0.29) is 11.9 Å². The van der Waals surface area contributed by atoms with Crippen molar-refractivity contribution in [2.45, 2.75) is 38.6 Å². The van der Waals surface area contributed by atoms with Gasteiger partial charge in [0, 0.05) is 25.6 Å². The molecule has 31 heavy (non-hydrogen) atoms. The van der Waals surface area contributed by atoms with Gasteiger partial charge < -0.3 is 15.0 Å². The lowest BCUT2D eigenvalue weighted by Crippen LogP contribution is -2.46. The number of carbonyl (C=O) groups excluding carboxylic acids is 2. The first-order valence-corrected chi connectivity index (χ1v) is 10.3. The van der Waals surface area contributed by atoms with Crippen LogP contribution < -0.4 is 10.1 Å². The van der Waals surface area contributed by atoms with Crippen molar-refractivity contribution in [1.82, 2.24) is 10.2 Å². The molecule has 0 bridgehead atoms. The van der Waals surface area contributed by atoms with Gasteiger partial charge in [0.05, 0.1) is 12.2 Å². The second-order valence-corrected chi connectivity index (χ2v) is 7.57. The van der Waals surface area contributed by atoms with Crippen LogP contribution in [0.3, 0.4) is 0 Å². The fourth-order valence-electron chi connectivity index (χ4n) is 3.52. The number of amides is 2. The van der Waals surface area contributed by atoms with E-state index in [2.05, 4.69) is 5.32 Å². The van der Waals surface area contributed by atoms with Crippen LogP contribution in [-0.4, -0.2) is 42.5 Å². The Kier molecular flexibility index (Phi) is 7.55.